The summed E-state index contributed by atoms with van der Waals surface area (Å²) in [5, 5.41) is 2.95. The van der Waals surface area contributed by atoms with Gasteiger partial charge in [0.1, 0.15) is 33.9 Å². The minimum atomic E-state index is -0.732. The summed E-state index contributed by atoms with van der Waals surface area (Å²) in [7, 11) is 0. The first-order valence-corrected chi connectivity index (χ1v) is 8.90. The molecule has 2 aromatic carbocycles. The first kappa shape index (κ1) is 19.4. The number of nitrogens with zero attached hydrogens (tertiary/aromatic N) is 1. The molecule has 3 rings (SSSR count). The van der Waals surface area contributed by atoms with Crippen LogP contribution in [0.2, 0.25) is 0 Å². The highest BCUT2D eigenvalue weighted by Crippen LogP contribution is 2.23. The monoisotopic (exact) mass is 403 g/mol. The number of ether oxygens (including phenoxy) is 1. The van der Waals surface area contributed by atoms with Gasteiger partial charge in [0.2, 0.25) is 5.91 Å². The summed E-state index contributed by atoms with van der Waals surface area (Å²) in [6.45, 7) is 1.74. The van der Waals surface area contributed by atoms with Gasteiger partial charge in [0, 0.05) is 5.56 Å². The average Bonchev–Trinajstić information content (AvgIpc) is 3.03. The molecule has 144 valence electrons. The second kappa shape index (κ2) is 8.13. The highest BCUT2D eigenvalue weighted by molar-refractivity contribution is 7.13. The number of aryl methyl sites for hydroxylation is 1. The Balaban J connectivity index is 1.72. The molecule has 0 radical (unpaired) electrons. The summed E-state index contributed by atoms with van der Waals surface area (Å²) in [5.41, 5.74) is 5.55. The van der Waals surface area contributed by atoms with E-state index in [-0.39, 0.29) is 28.6 Å². The Labute approximate surface area is 163 Å². The van der Waals surface area contributed by atoms with Gasteiger partial charge >= 0.3 is 0 Å². The van der Waals surface area contributed by atoms with Crippen molar-refractivity contribution in [2.45, 2.75) is 13.5 Å². The number of carbonyl (C=O) groups excluding carboxylic acids is 2. The fourth-order valence-electron chi connectivity index (χ4n) is 2.35. The largest absolute Gasteiger partial charge is 0.486 e. The Morgan fingerprint density at radius 3 is 2.57 bits per heavy atom. The minimum Gasteiger partial charge on any atom is -0.486 e. The van der Waals surface area contributed by atoms with E-state index in [1.54, 1.807) is 6.92 Å². The molecule has 0 bridgehead atoms. The van der Waals surface area contributed by atoms with E-state index in [0.717, 1.165) is 17.4 Å². The Bertz CT molecular complexity index is 1040. The van der Waals surface area contributed by atoms with Crippen LogP contribution in [0.3, 0.4) is 0 Å². The topological polar surface area (TPSA) is 94.3 Å². The standard InChI is InChI=1S/C19H15F2N3O3S/c1-10-17(19(26)24-15-8-11(18(22)25)2-7-14(15)21)28-16(23-10)9-27-13-5-3-12(20)4-6-13/h2-8H,9H2,1H3,(H2,22,25)(H,24,26). The maximum Gasteiger partial charge on any atom is 0.267 e. The lowest BCUT2D eigenvalue weighted by Gasteiger charge is -2.07. The van der Waals surface area contributed by atoms with E-state index in [0.29, 0.717) is 16.5 Å². The van der Waals surface area contributed by atoms with Crippen LogP contribution in [0.15, 0.2) is 42.5 Å². The molecule has 2 amide bonds. The van der Waals surface area contributed by atoms with Crippen molar-refractivity contribution in [1.82, 2.24) is 4.98 Å². The molecular formula is C19H15F2N3O3S. The number of nitrogens with two attached hydrogens (primary N) is 1. The lowest BCUT2D eigenvalue weighted by molar-refractivity contribution is 0.0996. The van der Waals surface area contributed by atoms with Crippen LogP contribution in [0.5, 0.6) is 5.75 Å². The molecule has 0 spiro atoms. The van der Waals surface area contributed by atoms with E-state index >= 15 is 0 Å². The van der Waals surface area contributed by atoms with Crippen LogP contribution >= 0.6 is 11.3 Å². The molecule has 0 saturated carbocycles. The van der Waals surface area contributed by atoms with Gasteiger partial charge in [0.25, 0.3) is 5.91 Å². The van der Waals surface area contributed by atoms with Crippen molar-refractivity contribution in [3.63, 3.8) is 0 Å². The fourth-order valence-corrected chi connectivity index (χ4v) is 3.23. The Morgan fingerprint density at radius 2 is 1.89 bits per heavy atom. The first-order valence-electron chi connectivity index (χ1n) is 8.09. The number of hydrogen-bond donors (Lipinski definition) is 2. The highest BCUT2D eigenvalue weighted by atomic mass is 32.1. The number of rotatable bonds is 6. The molecule has 0 fully saturated rings. The predicted molar refractivity (Wildman–Crippen MR) is 100 cm³/mol. The number of benzene rings is 2. The van der Waals surface area contributed by atoms with Crippen LogP contribution in [0.1, 0.15) is 30.7 Å². The van der Waals surface area contributed by atoms with Gasteiger partial charge in [-0.1, -0.05) is 0 Å². The van der Waals surface area contributed by atoms with Gasteiger partial charge in [-0.2, -0.15) is 0 Å². The summed E-state index contributed by atoms with van der Waals surface area (Å²) in [6.07, 6.45) is 0. The van der Waals surface area contributed by atoms with Crippen LogP contribution in [0.4, 0.5) is 14.5 Å². The zero-order valence-corrected chi connectivity index (χ0v) is 15.5. The number of hydrogen-bond acceptors (Lipinski definition) is 5. The molecule has 1 aromatic heterocycles. The van der Waals surface area contributed by atoms with Gasteiger partial charge in [-0.15, -0.1) is 11.3 Å². The molecule has 1 heterocycles. The fraction of sp³-hybridized carbons (Fsp3) is 0.105. The van der Waals surface area contributed by atoms with Gasteiger partial charge < -0.3 is 15.8 Å². The Hall–Kier alpha value is -3.33. The van der Waals surface area contributed by atoms with Crippen LogP contribution in [-0.2, 0) is 6.61 Å². The van der Waals surface area contributed by atoms with Gasteiger partial charge in [-0.25, -0.2) is 13.8 Å². The molecule has 3 N–H and O–H groups in total. The van der Waals surface area contributed by atoms with Crippen LogP contribution in [0.25, 0.3) is 0 Å². The molecule has 3 aromatic rings. The average molecular weight is 403 g/mol. The van der Waals surface area contributed by atoms with Crippen molar-refractivity contribution >= 4 is 28.8 Å². The number of amides is 2. The van der Waals surface area contributed by atoms with Crippen molar-refractivity contribution in [2.75, 3.05) is 5.32 Å². The summed E-state index contributed by atoms with van der Waals surface area (Å²) in [4.78, 5) is 28.3. The zero-order chi connectivity index (χ0) is 20.3. The van der Waals surface area contributed by atoms with Crippen molar-refractivity contribution in [3.8, 4) is 5.75 Å². The molecule has 28 heavy (non-hydrogen) atoms. The maximum absolute atomic E-state index is 13.9. The van der Waals surface area contributed by atoms with Crippen molar-refractivity contribution in [3.05, 3.63) is 75.2 Å². The summed E-state index contributed by atoms with van der Waals surface area (Å²) in [5.74, 6) is -1.90. The number of thiazole rings is 1. The van der Waals surface area contributed by atoms with Crippen molar-refractivity contribution in [2.24, 2.45) is 5.73 Å². The molecule has 0 unspecified atom stereocenters. The van der Waals surface area contributed by atoms with Gasteiger partial charge in [0.05, 0.1) is 11.4 Å². The summed E-state index contributed by atoms with van der Waals surface area (Å²) < 4.78 is 32.3. The zero-order valence-electron chi connectivity index (χ0n) is 14.7. The number of carbonyl (C=O) groups is 2. The number of nitrogens with one attached hydrogen (secondary N) is 1. The molecule has 0 atom stereocenters. The SMILES string of the molecule is Cc1nc(COc2ccc(F)cc2)sc1C(=O)Nc1cc(C(N)=O)ccc1F. The van der Waals surface area contributed by atoms with Crippen LogP contribution < -0.4 is 15.8 Å². The number of primary amides is 1. The second-order valence-corrected chi connectivity index (χ2v) is 6.86. The molecule has 0 aliphatic heterocycles. The van der Waals surface area contributed by atoms with Crippen molar-refractivity contribution in [1.29, 1.82) is 0 Å². The minimum absolute atomic E-state index is 0.0751. The molecule has 0 aliphatic carbocycles. The van der Waals surface area contributed by atoms with E-state index < -0.39 is 17.6 Å². The predicted octanol–water partition coefficient (Wildman–Crippen LogP) is 3.66. The van der Waals surface area contributed by atoms with E-state index in [1.807, 2.05) is 0 Å². The molecule has 0 aliphatic rings. The van der Waals surface area contributed by atoms with Crippen LogP contribution in [-0.4, -0.2) is 16.8 Å². The third kappa shape index (κ3) is 4.49. The molecule has 0 saturated heterocycles. The van der Waals surface area contributed by atoms with E-state index in [2.05, 4.69) is 10.3 Å². The quantitative estimate of drug-likeness (QED) is 0.657. The summed E-state index contributed by atoms with van der Waals surface area (Å²) in [6, 6.07) is 8.97. The van der Waals surface area contributed by atoms with Gasteiger partial charge in [-0.3, -0.25) is 9.59 Å². The molecule has 9 heteroatoms. The smallest absolute Gasteiger partial charge is 0.267 e. The highest BCUT2D eigenvalue weighted by Gasteiger charge is 2.18. The normalized spacial score (nSPS) is 10.5. The van der Waals surface area contributed by atoms with Crippen molar-refractivity contribution < 1.29 is 23.1 Å². The third-order valence-electron chi connectivity index (χ3n) is 3.72. The van der Waals surface area contributed by atoms with Crippen LogP contribution in [0, 0.1) is 18.6 Å². The lowest BCUT2D eigenvalue weighted by atomic mass is 10.2. The molecule has 6 nitrogen and oxygen atoms in total. The lowest BCUT2D eigenvalue weighted by Crippen LogP contribution is -2.15. The van der Waals surface area contributed by atoms with E-state index in [4.69, 9.17) is 10.5 Å². The number of aromatic nitrogens is 1. The van der Waals surface area contributed by atoms with Gasteiger partial charge in [-0.05, 0) is 49.4 Å². The number of anilines is 1. The Kier molecular flexibility index (Phi) is 5.65. The Morgan fingerprint density at radius 1 is 1.18 bits per heavy atom. The summed E-state index contributed by atoms with van der Waals surface area (Å²) >= 11 is 1.09. The van der Waals surface area contributed by atoms with E-state index in [9.17, 15) is 18.4 Å². The first-order chi connectivity index (χ1) is 13.3. The second-order valence-electron chi connectivity index (χ2n) is 5.78. The third-order valence-corrected chi connectivity index (χ3v) is 4.85. The number of halogens is 2. The molecular weight excluding hydrogens is 388 g/mol. The maximum atomic E-state index is 13.9. The van der Waals surface area contributed by atoms with E-state index in [1.165, 1.54) is 36.4 Å². The van der Waals surface area contributed by atoms with Gasteiger partial charge in [0.15, 0.2) is 0 Å².